The maximum absolute atomic E-state index is 12.6. The number of nitrogens with zero attached hydrogens (tertiary/aromatic N) is 3. The number of aromatic nitrogens is 3. The predicted molar refractivity (Wildman–Crippen MR) is 125 cm³/mol. The maximum atomic E-state index is 12.6. The smallest absolute Gasteiger partial charge is 0.250 e. The van der Waals surface area contributed by atoms with E-state index in [1.165, 1.54) is 17.4 Å². The number of thiazole rings is 1. The average molecular weight is 445 g/mol. The van der Waals surface area contributed by atoms with Crippen molar-refractivity contribution in [3.05, 3.63) is 72.6 Å². The number of carbonyl (C=O) groups is 1. The molecule has 1 aliphatic rings. The molecule has 8 heteroatoms. The van der Waals surface area contributed by atoms with Crippen LogP contribution in [-0.4, -0.2) is 33.7 Å². The molecule has 0 unspecified atom stereocenters. The standard InChI is InChI=1S/C24H20N4O3S/c1-28-12-11-25-23(28)22-21(17-5-3-2-4-6-17)27-24(32-22)26-20(29)10-8-16-7-9-18-19(15-16)31-14-13-30-18/h2-12,15H,13-14H2,1H3,(H,26,27,29)/b10-8+. The third-order valence-electron chi connectivity index (χ3n) is 4.92. The summed E-state index contributed by atoms with van der Waals surface area (Å²) in [6.45, 7) is 1.07. The van der Waals surface area contributed by atoms with Gasteiger partial charge in [0.15, 0.2) is 22.5 Å². The zero-order chi connectivity index (χ0) is 21.9. The van der Waals surface area contributed by atoms with Crippen LogP contribution in [0.4, 0.5) is 5.13 Å². The van der Waals surface area contributed by atoms with Crippen LogP contribution < -0.4 is 14.8 Å². The summed E-state index contributed by atoms with van der Waals surface area (Å²) in [6, 6.07) is 15.5. The van der Waals surface area contributed by atoms with Crippen molar-refractivity contribution in [3.63, 3.8) is 0 Å². The van der Waals surface area contributed by atoms with Crippen molar-refractivity contribution < 1.29 is 14.3 Å². The second-order valence-corrected chi connectivity index (χ2v) is 8.15. The van der Waals surface area contributed by atoms with Gasteiger partial charge in [0.05, 0.1) is 10.6 Å². The first kappa shape index (κ1) is 20.0. The molecule has 2 aromatic heterocycles. The van der Waals surface area contributed by atoms with Gasteiger partial charge in [-0.25, -0.2) is 9.97 Å². The van der Waals surface area contributed by atoms with E-state index in [9.17, 15) is 4.79 Å². The number of benzene rings is 2. The molecule has 0 bridgehead atoms. The van der Waals surface area contributed by atoms with Crippen LogP contribution in [0.1, 0.15) is 5.56 Å². The van der Waals surface area contributed by atoms with Crippen molar-refractivity contribution in [2.45, 2.75) is 0 Å². The van der Waals surface area contributed by atoms with Crippen molar-refractivity contribution in [1.82, 2.24) is 14.5 Å². The van der Waals surface area contributed by atoms with Gasteiger partial charge in [-0.3, -0.25) is 10.1 Å². The van der Waals surface area contributed by atoms with Gasteiger partial charge < -0.3 is 14.0 Å². The lowest BCUT2D eigenvalue weighted by Crippen LogP contribution is -2.15. The summed E-state index contributed by atoms with van der Waals surface area (Å²) < 4.78 is 13.1. The van der Waals surface area contributed by atoms with Crippen molar-refractivity contribution in [2.75, 3.05) is 18.5 Å². The van der Waals surface area contributed by atoms with Crippen molar-refractivity contribution >= 4 is 28.5 Å². The number of nitrogens with one attached hydrogen (secondary N) is 1. The minimum atomic E-state index is -0.264. The third-order valence-corrected chi connectivity index (χ3v) is 5.89. The first-order valence-electron chi connectivity index (χ1n) is 10.1. The molecular formula is C24H20N4O3S. The van der Waals surface area contributed by atoms with E-state index in [4.69, 9.17) is 14.5 Å². The Balaban J connectivity index is 1.38. The van der Waals surface area contributed by atoms with E-state index in [0.29, 0.717) is 24.1 Å². The Morgan fingerprint density at radius 1 is 1.12 bits per heavy atom. The molecule has 5 rings (SSSR count). The predicted octanol–water partition coefficient (Wildman–Crippen LogP) is 4.63. The van der Waals surface area contributed by atoms with E-state index in [1.54, 1.807) is 12.3 Å². The fourth-order valence-corrected chi connectivity index (χ4v) is 4.41. The topological polar surface area (TPSA) is 78.3 Å². The van der Waals surface area contributed by atoms with Gasteiger partial charge in [0.2, 0.25) is 5.91 Å². The Morgan fingerprint density at radius 2 is 1.94 bits per heavy atom. The van der Waals surface area contributed by atoms with Gasteiger partial charge in [0.25, 0.3) is 0 Å². The minimum absolute atomic E-state index is 0.264. The van der Waals surface area contributed by atoms with E-state index in [2.05, 4.69) is 10.3 Å². The molecule has 1 aliphatic heterocycles. The van der Waals surface area contributed by atoms with Crippen LogP contribution in [0, 0.1) is 0 Å². The number of amides is 1. The molecule has 3 heterocycles. The Bertz CT molecular complexity index is 1290. The number of imidazole rings is 1. The zero-order valence-electron chi connectivity index (χ0n) is 17.3. The Kier molecular flexibility index (Phi) is 5.43. The summed E-state index contributed by atoms with van der Waals surface area (Å²) in [6.07, 6.45) is 6.85. The van der Waals surface area contributed by atoms with Crippen LogP contribution in [0.3, 0.4) is 0 Å². The zero-order valence-corrected chi connectivity index (χ0v) is 18.1. The molecule has 1 N–H and O–H groups in total. The molecule has 0 saturated heterocycles. The summed E-state index contributed by atoms with van der Waals surface area (Å²) in [5.41, 5.74) is 2.60. The highest BCUT2D eigenvalue weighted by Gasteiger charge is 2.18. The van der Waals surface area contributed by atoms with Crippen molar-refractivity contribution in [1.29, 1.82) is 0 Å². The van der Waals surface area contributed by atoms with Gasteiger partial charge in [-0.2, -0.15) is 0 Å². The molecule has 0 atom stereocenters. The lowest BCUT2D eigenvalue weighted by atomic mass is 10.1. The fourth-order valence-electron chi connectivity index (χ4n) is 3.38. The van der Waals surface area contributed by atoms with Gasteiger partial charge in [0.1, 0.15) is 13.2 Å². The van der Waals surface area contributed by atoms with Crippen LogP contribution in [0.25, 0.3) is 28.0 Å². The van der Waals surface area contributed by atoms with Crippen LogP contribution in [0.2, 0.25) is 0 Å². The van der Waals surface area contributed by atoms with Crippen molar-refractivity contribution in [3.8, 4) is 33.5 Å². The van der Waals surface area contributed by atoms with E-state index >= 15 is 0 Å². The fraction of sp³-hybridized carbons (Fsp3) is 0.125. The first-order valence-corrected chi connectivity index (χ1v) is 10.9. The summed E-state index contributed by atoms with van der Waals surface area (Å²) in [5.74, 6) is 1.94. The lowest BCUT2D eigenvalue weighted by Gasteiger charge is -2.18. The molecule has 32 heavy (non-hydrogen) atoms. The molecule has 0 fully saturated rings. The third kappa shape index (κ3) is 4.13. The number of hydrogen-bond donors (Lipinski definition) is 1. The second-order valence-electron chi connectivity index (χ2n) is 7.15. The normalized spacial score (nSPS) is 12.8. The molecule has 7 nitrogen and oxygen atoms in total. The summed E-state index contributed by atoms with van der Waals surface area (Å²) in [5, 5.41) is 3.39. The Labute approximate surface area is 189 Å². The molecule has 160 valence electrons. The quantitative estimate of drug-likeness (QED) is 0.454. The van der Waals surface area contributed by atoms with E-state index < -0.39 is 0 Å². The van der Waals surface area contributed by atoms with Crippen LogP contribution in [-0.2, 0) is 11.8 Å². The number of carbonyl (C=O) groups excluding carboxylic acids is 1. The number of aryl methyl sites for hydroxylation is 1. The number of rotatable bonds is 5. The molecule has 0 aliphatic carbocycles. The molecule has 0 spiro atoms. The van der Waals surface area contributed by atoms with Crippen LogP contribution >= 0.6 is 11.3 Å². The monoisotopic (exact) mass is 444 g/mol. The highest BCUT2D eigenvalue weighted by Crippen LogP contribution is 2.38. The molecule has 0 saturated carbocycles. The average Bonchev–Trinajstić information content (AvgIpc) is 3.44. The molecular weight excluding hydrogens is 424 g/mol. The van der Waals surface area contributed by atoms with Gasteiger partial charge >= 0.3 is 0 Å². The minimum Gasteiger partial charge on any atom is -0.486 e. The number of ether oxygens (including phenoxy) is 2. The Hall–Kier alpha value is -3.91. The highest BCUT2D eigenvalue weighted by molar-refractivity contribution is 7.19. The molecule has 4 aromatic rings. The van der Waals surface area contributed by atoms with Gasteiger partial charge in [-0.15, -0.1) is 0 Å². The highest BCUT2D eigenvalue weighted by atomic mass is 32.1. The number of anilines is 1. The van der Waals surface area contributed by atoms with Gasteiger partial charge in [-0.05, 0) is 23.8 Å². The molecule has 1 amide bonds. The van der Waals surface area contributed by atoms with E-state index in [0.717, 1.165) is 33.3 Å². The molecule has 2 aromatic carbocycles. The molecule has 0 radical (unpaired) electrons. The van der Waals surface area contributed by atoms with E-state index in [-0.39, 0.29) is 5.91 Å². The summed E-state index contributed by atoms with van der Waals surface area (Å²) >= 11 is 1.40. The van der Waals surface area contributed by atoms with Crippen LogP contribution in [0.5, 0.6) is 11.5 Å². The summed E-state index contributed by atoms with van der Waals surface area (Å²) in [7, 11) is 1.94. The second kappa shape index (κ2) is 8.68. The summed E-state index contributed by atoms with van der Waals surface area (Å²) in [4.78, 5) is 22.6. The SMILES string of the molecule is Cn1ccnc1-c1sc(NC(=O)/C=C/c2ccc3c(c2)OCCO3)nc1-c1ccccc1. The van der Waals surface area contributed by atoms with Crippen molar-refractivity contribution in [2.24, 2.45) is 7.05 Å². The number of hydrogen-bond acceptors (Lipinski definition) is 6. The largest absolute Gasteiger partial charge is 0.486 e. The lowest BCUT2D eigenvalue weighted by molar-refractivity contribution is -0.111. The van der Waals surface area contributed by atoms with Gasteiger partial charge in [0, 0.05) is 31.1 Å². The number of fused-ring (bicyclic) bond motifs is 1. The Morgan fingerprint density at radius 3 is 2.72 bits per heavy atom. The van der Waals surface area contributed by atoms with E-state index in [1.807, 2.05) is 66.3 Å². The maximum Gasteiger partial charge on any atom is 0.250 e. The first-order chi connectivity index (χ1) is 15.7. The van der Waals surface area contributed by atoms with Crippen LogP contribution in [0.15, 0.2) is 67.0 Å². The van der Waals surface area contributed by atoms with Gasteiger partial charge in [-0.1, -0.05) is 47.7 Å².